The Balaban J connectivity index is 1.47. The van der Waals surface area contributed by atoms with Crippen LogP contribution in [0.15, 0.2) is 77.7 Å². The Morgan fingerprint density at radius 2 is 1.71 bits per heavy atom. The number of ether oxygens (including phenoxy) is 1. The molecule has 2 atom stereocenters. The van der Waals surface area contributed by atoms with Crippen molar-refractivity contribution in [1.29, 1.82) is 0 Å². The average molecular weight is 499 g/mol. The molecule has 2 unspecified atom stereocenters. The quantitative estimate of drug-likeness (QED) is 0.400. The van der Waals surface area contributed by atoms with Gasteiger partial charge in [-0.3, -0.25) is 9.59 Å². The van der Waals surface area contributed by atoms with Gasteiger partial charge >= 0.3 is 5.97 Å². The highest BCUT2D eigenvalue weighted by molar-refractivity contribution is 7.89. The summed E-state index contributed by atoms with van der Waals surface area (Å²) in [7, 11) is -2.47. The van der Waals surface area contributed by atoms with Crippen LogP contribution in [-0.2, 0) is 31.0 Å². The maximum Gasteiger partial charge on any atom is 0.325 e. The van der Waals surface area contributed by atoms with Crippen molar-refractivity contribution in [3.05, 3.63) is 78.4 Å². The van der Waals surface area contributed by atoms with Gasteiger partial charge in [-0.1, -0.05) is 60.7 Å². The summed E-state index contributed by atoms with van der Waals surface area (Å²) >= 11 is 4.45. The third kappa shape index (κ3) is 5.27. The first kappa shape index (κ1) is 24.3. The van der Waals surface area contributed by atoms with Crippen LogP contribution in [0.2, 0.25) is 0 Å². The number of sulfonamides is 1. The minimum atomic E-state index is -3.94. The standard InChI is InChI=1S/C25H26N2O5S2/c1-26(16-24(28)32-17-18-7-3-2-4-8-18)25(29)23-14-21(33)15-27(23)34(30,31)22-12-11-19-9-5-6-10-20(19)13-22/h2-13,21,23,33H,14-17H2,1H3. The molecule has 0 radical (unpaired) electrons. The lowest BCUT2D eigenvalue weighted by Crippen LogP contribution is -2.47. The molecule has 1 amide bonds. The molecular weight excluding hydrogens is 472 g/mol. The number of rotatable bonds is 7. The number of nitrogens with zero attached hydrogens (tertiary/aromatic N) is 2. The second kappa shape index (κ2) is 10.2. The van der Waals surface area contributed by atoms with E-state index in [0.29, 0.717) is 0 Å². The highest BCUT2D eigenvalue weighted by Crippen LogP contribution is 2.31. The molecule has 0 bridgehead atoms. The number of hydrogen-bond donors (Lipinski definition) is 1. The molecule has 34 heavy (non-hydrogen) atoms. The highest BCUT2D eigenvalue weighted by atomic mass is 32.2. The molecule has 1 heterocycles. The van der Waals surface area contributed by atoms with E-state index in [0.717, 1.165) is 16.3 Å². The van der Waals surface area contributed by atoms with Gasteiger partial charge in [0.15, 0.2) is 0 Å². The summed E-state index contributed by atoms with van der Waals surface area (Å²) in [5.74, 6) is -1.03. The predicted molar refractivity (Wildman–Crippen MR) is 133 cm³/mol. The van der Waals surface area contributed by atoms with Crippen molar-refractivity contribution < 1.29 is 22.7 Å². The van der Waals surface area contributed by atoms with Crippen LogP contribution in [0.25, 0.3) is 10.8 Å². The molecule has 0 saturated carbocycles. The van der Waals surface area contributed by atoms with Crippen molar-refractivity contribution in [2.24, 2.45) is 0 Å². The van der Waals surface area contributed by atoms with Crippen molar-refractivity contribution in [1.82, 2.24) is 9.21 Å². The molecule has 1 aliphatic rings. The molecule has 4 rings (SSSR count). The Bertz CT molecular complexity index is 1300. The smallest absolute Gasteiger partial charge is 0.325 e. The van der Waals surface area contributed by atoms with Gasteiger partial charge in [0.1, 0.15) is 19.2 Å². The maximum absolute atomic E-state index is 13.5. The number of hydrogen-bond acceptors (Lipinski definition) is 6. The van der Waals surface area contributed by atoms with Gasteiger partial charge < -0.3 is 9.64 Å². The zero-order valence-corrected chi connectivity index (χ0v) is 20.4. The summed E-state index contributed by atoms with van der Waals surface area (Å²) in [4.78, 5) is 26.8. The molecule has 1 fully saturated rings. The Hall–Kier alpha value is -2.88. The van der Waals surface area contributed by atoms with Gasteiger partial charge in [0.05, 0.1) is 4.90 Å². The van der Waals surface area contributed by atoms with Crippen LogP contribution in [0.1, 0.15) is 12.0 Å². The lowest BCUT2D eigenvalue weighted by atomic mass is 10.1. The molecule has 9 heteroatoms. The van der Waals surface area contributed by atoms with Gasteiger partial charge in [-0.15, -0.1) is 0 Å². The highest BCUT2D eigenvalue weighted by Gasteiger charge is 2.44. The first-order valence-corrected chi connectivity index (χ1v) is 12.8. The molecule has 178 valence electrons. The molecule has 1 aliphatic heterocycles. The summed E-state index contributed by atoms with van der Waals surface area (Å²) in [6.45, 7) is -0.0590. The van der Waals surface area contributed by atoms with Crippen molar-refractivity contribution in [2.45, 2.75) is 29.2 Å². The molecule has 0 aromatic heterocycles. The summed E-state index contributed by atoms with van der Waals surface area (Å²) in [5.41, 5.74) is 0.839. The van der Waals surface area contributed by atoms with Gasteiger partial charge in [0.2, 0.25) is 15.9 Å². The molecule has 0 aliphatic carbocycles. The monoisotopic (exact) mass is 498 g/mol. The number of benzene rings is 3. The third-order valence-electron chi connectivity index (χ3n) is 5.83. The van der Waals surface area contributed by atoms with E-state index in [4.69, 9.17) is 4.74 Å². The Morgan fingerprint density at radius 1 is 1.03 bits per heavy atom. The van der Waals surface area contributed by atoms with E-state index < -0.39 is 27.9 Å². The second-order valence-corrected chi connectivity index (χ2v) is 11.0. The van der Waals surface area contributed by atoms with Crippen LogP contribution in [0.3, 0.4) is 0 Å². The van der Waals surface area contributed by atoms with E-state index in [1.807, 2.05) is 54.6 Å². The van der Waals surface area contributed by atoms with Crippen LogP contribution in [0.4, 0.5) is 0 Å². The minimum absolute atomic E-state index is 0.103. The fourth-order valence-corrected chi connectivity index (χ4v) is 6.21. The summed E-state index contributed by atoms with van der Waals surface area (Å²) in [6, 6.07) is 20.7. The molecule has 7 nitrogen and oxygen atoms in total. The molecular formula is C25H26N2O5S2. The molecule has 0 spiro atoms. The normalized spacial score (nSPS) is 18.6. The van der Waals surface area contributed by atoms with Crippen molar-refractivity contribution in [3.63, 3.8) is 0 Å². The van der Waals surface area contributed by atoms with Gasteiger partial charge in [-0.05, 0) is 34.9 Å². The van der Waals surface area contributed by atoms with Crippen molar-refractivity contribution in [3.8, 4) is 0 Å². The maximum atomic E-state index is 13.5. The van der Waals surface area contributed by atoms with Gasteiger partial charge in [0.25, 0.3) is 0 Å². The number of carbonyl (C=O) groups is 2. The number of likely N-dealkylation sites (N-methyl/N-ethyl adjacent to an activating group) is 1. The molecule has 1 saturated heterocycles. The SMILES string of the molecule is CN(CC(=O)OCc1ccccc1)C(=O)C1CC(S)CN1S(=O)(=O)c1ccc2ccccc2c1. The Labute approximate surface area is 204 Å². The Morgan fingerprint density at radius 3 is 2.44 bits per heavy atom. The van der Waals surface area contributed by atoms with E-state index in [-0.39, 0.29) is 36.3 Å². The Kier molecular flexibility index (Phi) is 7.25. The van der Waals surface area contributed by atoms with Crippen LogP contribution >= 0.6 is 12.6 Å². The van der Waals surface area contributed by atoms with E-state index in [1.165, 1.54) is 16.3 Å². The lowest BCUT2D eigenvalue weighted by molar-refractivity contribution is -0.150. The minimum Gasteiger partial charge on any atom is -0.459 e. The number of carbonyl (C=O) groups excluding carboxylic acids is 2. The zero-order valence-electron chi connectivity index (χ0n) is 18.7. The van der Waals surface area contributed by atoms with Crippen LogP contribution < -0.4 is 0 Å². The van der Waals surface area contributed by atoms with Crippen LogP contribution in [-0.4, -0.2) is 60.9 Å². The summed E-state index contributed by atoms with van der Waals surface area (Å²) in [6.07, 6.45) is 0.262. The molecule has 3 aromatic carbocycles. The topological polar surface area (TPSA) is 84.0 Å². The van der Waals surface area contributed by atoms with Crippen LogP contribution in [0.5, 0.6) is 0 Å². The lowest BCUT2D eigenvalue weighted by Gasteiger charge is -2.27. The van der Waals surface area contributed by atoms with Crippen LogP contribution in [0, 0.1) is 0 Å². The number of esters is 1. The number of thiol groups is 1. The average Bonchev–Trinajstić information content (AvgIpc) is 3.25. The fourth-order valence-electron chi connectivity index (χ4n) is 4.05. The zero-order chi connectivity index (χ0) is 24.3. The van der Waals surface area contributed by atoms with Gasteiger partial charge in [-0.25, -0.2) is 8.42 Å². The van der Waals surface area contributed by atoms with E-state index in [9.17, 15) is 18.0 Å². The number of fused-ring (bicyclic) bond motifs is 1. The van der Waals surface area contributed by atoms with Gasteiger partial charge in [0, 0.05) is 18.8 Å². The molecule has 3 aromatic rings. The summed E-state index contributed by atoms with van der Waals surface area (Å²) in [5, 5.41) is 1.44. The van der Waals surface area contributed by atoms with Gasteiger partial charge in [-0.2, -0.15) is 16.9 Å². The number of amides is 1. The van der Waals surface area contributed by atoms with Crippen molar-refractivity contribution >= 4 is 45.3 Å². The second-order valence-electron chi connectivity index (χ2n) is 8.33. The van der Waals surface area contributed by atoms with E-state index >= 15 is 0 Å². The largest absolute Gasteiger partial charge is 0.459 e. The van der Waals surface area contributed by atoms with Crippen molar-refractivity contribution in [2.75, 3.05) is 20.1 Å². The molecule has 0 N–H and O–H groups in total. The summed E-state index contributed by atoms with van der Waals surface area (Å²) < 4.78 is 33.4. The predicted octanol–water partition coefficient (Wildman–Crippen LogP) is 3.10. The third-order valence-corrected chi connectivity index (χ3v) is 8.08. The fraction of sp³-hybridized carbons (Fsp3) is 0.280. The van der Waals surface area contributed by atoms with E-state index in [2.05, 4.69) is 12.6 Å². The van der Waals surface area contributed by atoms with E-state index in [1.54, 1.807) is 18.2 Å². The first-order valence-electron chi connectivity index (χ1n) is 10.9. The first-order chi connectivity index (χ1) is 16.3.